The van der Waals surface area contributed by atoms with E-state index in [9.17, 15) is 4.79 Å². The predicted molar refractivity (Wildman–Crippen MR) is 109 cm³/mol. The number of nitrogens with one attached hydrogen (secondary N) is 1. The zero-order valence-corrected chi connectivity index (χ0v) is 16.3. The molecule has 7 heteroatoms. The molecule has 1 saturated carbocycles. The summed E-state index contributed by atoms with van der Waals surface area (Å²) in [5.74, 6) is 1.39. The van der Waals surface area contributed by atoms with Crippen molar-refractivity contribution in [3.05, 3.63) is 42.2 Å². The van der Waals surface area contributed by atoms with Crippen molar-refractivity contribution in [3.63, 3.8) is 0 Å². The van der Waals surface area contributed by atoms with Gasteiger partial charge in [0.1, 0.15) is 11.4 Å². The van der Waals surface area contributed by atoms with E-state index in [0.717, 1.165) is 37.4 Å². The Balaban J connectivity index is 1.35. The molecule has 1 amide bonds. The molecule has 0 bridgehead atoms. The number of piperazine rings is 1. The van der Waals surface area contributed by atoms with E-state index in [1.165, 1.54) is 12.8 Å². The maximum Gasteiger partial charge on any atom is 0.272 e. The van der Waals surface area contributed by atoms with Gasteiger partial charge in [-0.05, 0) is 43.2 Å². The van der Waals surface area contributed by atoms with Crippen LogP contribution < -0.4 is 15.0 Å². The first kappa shape index (κ1) is 18.5. The van der Waals surface area contributed by atoms with Crippen LogP contribution in [0.3, 0.4) is 0 Å². The van der Waals surface area contributed by atoms with Crippen LogP contribution >= 0.6 is 0 Å². The highest BCUT2D eigenvalue weighted by Crippen LogP contribution is 2.22. The lowest BCUT2D eigenvalue weighted by atomic mass is 10.2. The minimum Gasteiger partial charge on any atom is -0.497 e. The number of methoxy groups -OCH3 is 1. The van der Waals surface area contributed by atoms with Gasteiger partial charge in [-0.2, -0.15) is 0 Å². The molecule has 1 N–H and O–H groups in total. The van der Waals surface area contributed by atoms with Crippen molar-refractivity contribution in [1.29, 1.82) is 0 Å². The molecule has 2 fully saturated rings. The normalized spacial score (nSPS) is 17.6. The second-order valence-electron chi connectivity index (χ2n) is 7.37. The molecule has 2 aliphatic rings. The lowest BCUT2D eigenvalue weighted by molar-refractivity contribution is 0.0741. The number of carbonyl (C=O) groups is 1. The summed E-state index contributed by atoms with van der Waals surface area (Å²) in [6.45, 7) is 2.97. The first-order valence-electron chi connectivity index (χ1n) is 10.0. The first-order chi connectivity index (χ1) is 13.7. The Morgan fingerprint density at radius 1 is 1.07 bits per heavy atom. The molecule has 1 aliphatic heterocycles. The van der Waals surface area contributed by atoms with Gasteiger partial charge in [0.25, 0.3) is 5.91 Å². The van der Waals surface area contributed by atoms with Crippen LogP contribution in [0.2, 0.25) is 0 Å². The highest BCUT2D eigenvalue weighted by Gasteiger charge is 2.24. The number of benzene rings is 1. The Morgan fingerprint density at radius 2 is 1.79 bits per heavy atom. The molecule has 2 heterocycles. The summed E-state index contributed by atoms with van der Waals surface area (Å²) in [7, 11) is 1.67. The van der Waals surface area contributed by atoms with Crippen LogP contribution in [-0.4, -0.2) is 60.1 Å². The van der Waals surface area contributed by atoms with Gasteiger partial charge in [0, 0.05) is 44.1 Å². The van der Waals surface area contributed by atoms with Crippen LogP contribution in [0, 0.1) is 0 Å². The third-order valence-corrected chi connectivity index (χ3v) is 5.57. The van der Waals surface area contributed by atoms with Gasteiger partial charge in [0.05, 0.1) is 7.11 Å². The second-order valence-corrected chi connectivity index (χ2v) is 7.37. The van der Waals surface area contributed by atoms with Crippen molar-refractivity contribution < 1.29 is 9.53 Å². The molecule has 1 aromatic carbocycles. The molecule has 1 aliphatic carbocycles. The molecule has 1 aromatic heterocycles. The van der Waals surface area contributed by atoms with Gasteiger partial charge in [-0.1, -0.05) is 12.8 Å². The van der Waals surface area contributed by atoms with Crippen LogP contribution in [-0.2, 0) is 0 Å². The minimum absolute atomic E-state index is 0.0220. The topological polar surface area (TPSA) is 70.6 Å². The van der Waals surface area contributed by atoms with Gasteiger partial charge in [-0.15, -0.1) is 0 Å². The van der Waals surface area contributed by atoms with E-state index in [-0.39, 0.29) is 5.91 Å². The molecule has 28 heavy (non-hydrogen) atoms. The zero-order chi connectivity index (χ0) is 19.3. The summed E-state index contributed by atoms with van der Waals surface area (Å²) in [4.78, 5) is 25.8. The minimum atomic E-state index is -0.0220. The molecule has 0 radical (unpaired) electrons. The van der Waals surface area contributed by atoms with E-state index in [0.29, 0.717) is 30.8 Å². The average Bonchev–Trinajstić information content (AvgIpc) is 3.27. The first-order valence-corrected chi connectivity index (χ1v) is 10.0. The standard InChI is InChI=1S/C21H27N5O2/c1-28-18-8-6-17(7-9-18)25-12-14-26(15-13-25)20(27)19-10-11-22-21(24-19)23-16-4-2-3-5-16/h6-11,16H,2-5,12-15H2,1H3,(H,22,23,24). The monoisotopic (exact) mass is 381 g/mol. The lowest BCUT2D eigenvalue weighted by Crippen LogP contribution is -2.49. The van der Waals surface area contributed by atoms with Crippen LogP contribution in [0.4, 0.5) is 11.6 Å². The third kappa shape index (κ3) is 4.18. The summed E-state index contributed by atoms with van der Waals surface area (Å²) in [5, 5.41) is 3.37. The number of aromatic nitrogens is 2. The number of anilines is 2. The Morgan fingerprint density at radius 3 is 2.46 bits per heavy atom. The van der Waals surface area contributed by atoms with Crippen molar-refractivity contribution >= 4 is 17.5 Å². The molecule has 0 unspecified atom stereocenters. The van der Waals surface area contributed by atoms with Gasteiger partial charge in [-0.25, -0.2) is 9.97 Å². The summed E-state index contributed by atoms with van der Waals surface area (Å²) < 4.78 is 5.22. The fourth-order valence-corrected chi connectivity index (χ4v) is 3.92. The van der Waals surface area contributed by atoms with E-state index >= 15 is 0 Å². The van der Waals surface area contributed by atoms with E-state index in [2.05, 4.69) is 32.3 Å². The largest absolute Gasteiger partial charge is 0.497 e. The quantitative estimate of drug-likeness (QED) is 0.859. The Labute approximate surface area is 165 Å². The molecule has 0 atom stereocenters. The van der Waals surface area contributed by atoms with Gasteiger partial charge in [-0.3, -0.25) is 4.79 Å². The Hall–Kier alpha value is -2.83. The summed E-state index contributed by atoms with van der Waals surface area (Å²) in [6.07, 6.45) is 6.46. The molecule has 4 rings (SSSR count). The van der Waals surface area contributed by atoms with E-state index < -0.39 is 0 Å². The highest BCUT2D eigenvalue weighted by atomic mass is 16.5. The van der Waals surface area contributed by atoms with Crippen molar-refractivity contribution in [3.8, 4) is 5.75 Å². The van der Waals surface area contributed by atoms with Crippen molar-refractivity contribution in [2.45, 2.75) is 31.7 Å². The van der Waals surface area contributed by atoms with Crippen molar-refractivity contribution in [2.24, 2.45) is 0 Å². The van der Waals surface area contributed by atoms with Gasteiger partial charge >= 0.3 is 0 Å². The third-order valence-electron chi connectivity index (χ3n) is 5.57. The second kappa shape index (κ2) is 8.46. The van der Waals surface area contributed by atoms with Gasteiger partial charge in [0.2, 0.25) is 5.95 Å². The molecule has 1 saturated heterocycles. The molecule has 148 valence electrons. The molecule has 2 aromatic rings. The maximum atomic E-state index is 12.9. The van der Waals surface area contributed by atoms with Crippen LogP contribution in [0.5, 0.6) is 5.75 Å². The maximum absolute atomic E-state index is 12.9. The van der Waals surface area contributed by atoms with Crippen LogP contribution in [0.15, 0.2) is 36.5 Å². The Kier molecular flexibility index (Phi) is 5.60. The molecular formula is C21H27N5O2. The summed E-state index contributed by atoms with van der Waals surface area (Å²) >= 11 is 0. The number of nitrogens with zero attached hydrogens (tertiary/aromatic N) is 4. The number of hydrogen-bond acceptors (Lipinski definition) is 6. The lowest BCUT2D eigenvalue weighted by Gasteiger charge is -2.36. The number of hydrogen-bond donors (Lipinski definition) is 1. The summed E-state index contributed by atoms with van der Waals surface area (Å²) in [6, 6.07) is 10.2. The SMILES string of the molecule is COc1ccc(N2CCN(C(=O)c3ccnc(NC4CCCC4)n3)CC2)cc1. The van der Waals surface area contributed by atoms with Crippen LogP contribution in [0.1, 0.15) is 36.2 Å². The number of carbonyl (C=O) groups excluding carboxylic acids is 1. The highest BCUT2D eigenvalue weighted by molar-refractivity contribution is 5.92. The number of amides is 1. The van der Waals surface area contributed by atoms with E-state index in [1.54, 1.807) is 19.4 Å². The number of ether oxygens (including phenoxy) is 1. The average molecular weight is 381 g/mol. The summed E-state index contributed by atoms with van der Waals surface area (Å²) in [5.41, 5.74) is 1.62. The fourth-order valence-electron chi connectivity index (χ4n) is 3.92. The predicted octanol–water partition coefficient (Wildman–Crippen LogP) is 2.80. The van der Waals surface area contributed by atoms with Crippen molar-refractivity contribution in [2.75, 3.05) is 43.5 Å². The smallest absolute Gasteiger partial charge is 0.272 e. The van der Waals surface area contributed by atoms with Crippen molar-refractivity contribution in [1.82, 2.24) is 14.9 Å². The van der Waals surface area contributed by atoms with Gasteiger partial charge in [0.15, 0.2) is 0 Å². The molecule has 0 spiro atoms. The van der Waals surface area contributed by atoms with E-state index in [1.807, 2.05) is 17.0 Å². The fraction of sp³-hybridized carbons (Fsp3) is 0.476. The van der Waals surface area contributed by atoms with Crippen LogP contribution in [0.25, 0.3) is 0 Å². The molecular weight excluding hydrogens is 354 g/mol. The number of rotatable bonds is 5. The molecule has 7 nitrogen and oxygen atoms in total. The van der Waals surface area contributed by atoms with E-state index in [4.69, 9.17) is 4.74 Å². The zero-order valence-electron chi connectivity index (χ0n) is 16.3. The Bertz CT molecular complexity index is 797. The van der Waals surface area contributed by atoms with Gasteiger partial charge < -0.3 is 19.9 Å².